The van der Waals surface area contributed by atoms with Crippen molar-refractivity contribution in [2.45, 2.75) is 19.3 Å². The van der Waals surface area contributed by atoms with E-state index in [1.54, 1.807) is 0 Å². The highest BCUT2D eigenvalue weighted by atomic mass is 35.5. The van der Waals surface area contributed by atoms with E-state index in [1.165, 1.54) is 12.7 Å². The van der Waals surface area contributed by atoms with Crippen molar-refractivity contribution in [2.75, 3.05) is 7.11 Å². The standard InChI is InChI=1S/C11H14ClNO2/c1-15-13-11(14)4-2-3-9-5-7-10(12)8-6-9/h5-8H,2-4H2,1H3,(H,13,14). The Kier molecular flexibility index (Phi) is 5.15. The normalized spacial score (nSPS) is 10.0. The topological polar surface area (TPSA) is 38.3 Å². The Bertz CT molecular complexity index is 311. The SMILES string of the molecule is CONC(=O)CCCc1ccc(Cl)cc1. The maximum Gasteiger partial charge on any atom is 0.243 e. The molecule has 1 rings (SSSR count). The molecule has 15 heavy (non-hydrogen) atoms. The number of hydrogen-bond acceptors (Lipinski definition) is 2. The van der Waals surface area contributed by atoms with E-state index in [2.05, 4.69) is 10.3 Å². The van der Waals surface area contributed by atoms with E-state index in [4.69, 9.17) is 11.6 Å². The number of hydroxylamine groups is 1. The number of halogens is 1. The molecule has 0 aliphatic carbocycles. The average Bonchev–Trinajstić information content (AvgIpc) is 2.21. The summed E-state index contributed by atoms with van der Waals surface area (Å²) < 4.78 is 0. The summed E-state index contributed by atoms with van der Waals surface area (Å²) in [5.41, 5.74) is 3.47. The Morgan fingerprint density at radius 2 is 2.07 bits per heavy atom. The molecule has 1 aromatic rings. The molecule has 0 aliphatic heterocycles. The lowest BCUT2D eigenvalue weighted by Gasteiger charge is -2.02. The predicted molar refractivity (Wildman–Crippen MR) is 59.5 cm³/mol. The van der Waals surface area contributed by atoms with Crippen molar-refractivity contribution < 1.29 is 9.63 Å². The lowest BCUT2D eigenvalue weighted by atomic mass is 10.1. The van der Waals surface area contributed by atoms with Gasteiger partial charge < -0.3 is 0 Å². The first kappa shape index (κ1) is 12.0. The van der Waals surface area contributed by atoms with Crippen LogP contribution in [0.25, 0.3) is 0 Å². The fourth-order valence-electron chi connectivity index (χ4n) is 1.27. The highest BCUT2D eigenvalue weighted by Crippen LogP contribution is 2.11. The molecule has 0 heterocycles. The molecule has 0 unspecified atom stereocenters. The minimum atomic E-state index is -0.0912. The number of carbonyl (C=O) groups is 1. The Balaban J connectivity index is 2.26. The largest absolute Gasteiger partial charge is 0.277 e. The average molecular weight is 228 g/mol. The number of carbonyl (C=O) groups excluding carboxylic acids is 1. The zero-order chi connectivity index (χ0) is 11.1. The van der Waals surface area contributed by atoms with Gasteiger partial charge in [0.1, 0.15) is 0 Å². The van der Waals surface area contributed by atoms with Crippen LogP contribution in [0.15, 0.2) is 24.3 Å². The van der Waals surface area contributed by atoms with Crippen LogP contribution >= 0.6 is 11.6 Å². The molecule has 4 heteroatoms. The number of aryl methyl sites for hydroxylation is 1. The fraction of sp³-hybridized carbons (Fsp3) is 0.364. The maximum absolute atomic E-state index is 11.0. The first-order valence-corrected chi connectivity index (χ1v) is 5.16. The van der Waals surface area contributed by atoms with Gasteiger partial charge in [0.2, 0.25) is 5.91 Å². The molecule has 0 radical (unpaired) electrons. The van der Waals surface area contributed by atoms with E-state index < -0.39 is 0 Å². The van der Waals surface area contributed by atoms with Crippen molar-refractivity contribution >= 4 is 17.5 Å². The van der Waals surface area contributed by atoms with Gasteiger partial charge in [-0.25, -0.2) is 5.48 Å². The minimum Gasteiger partial charge on any atom is -0.277 e. The third-order valence-corrected chi connectivity index (χ3v) is 2.25. The zero-order valence-corrected chi connectivity index (χ0v) is 9.38. The van der Waals surface area contributed by atoms with Crippen molar-refractivity contribution in [3.05, 3.63) is 34.9 Å². The highest BCUT2D eigenvalue weighted by Gasteiger charge is 2.00. The van der Waals surface area contributed by atoms with Gasteiger partial charge in [-0.15, -0.1) is 0 Å². The van der Waals surface area contributed by atoms with E-state index in [-0.39, 0.29) is 5.91 Å². The van der Waals surface area contributed by atoms with Gasteiger partial charge >= 0.3 is 0 Å². The molecule has 0 bridgehead atoms. The van der Waals surface area contributed by atoms with Crippen molar-refractivity contribution in [3.63, 3.8) is 0 Å². The van der Waals surface area contributed by atoms with Crippen LogP contribution < -0.4 is 5.48 Å². The second-order valence-electron chi connectivity index (χ2n) is 3.21. The minimum absolute atomic E-state index is 0.0912. The smallest absolute Gasteiger partial charge is 0.243 e. The summed E-state index contributed by atoms with van der Waals surface area (Å²) in [6, 6.07) is 7.64. The maximum atomic E-state index is 11.0. The Labute approximate surface area is 94.3 Å². The summed E-state index contributed by atoms with van der Waals surface area (Å²) in [5.74, 6) is -0.0912. The first-order valence-electron chi connectivity index (χ1n) is 4.78. The van der Waals surface area contributed by atoms with Crippen LogP contribution in [0.3, 0.4) is 0 Å². The quantitative estimate of drug-likeness (QED) is 0.785. The number of amides is 1. The van der Waals surface area contributed by atoms with Gasteiger partial charge in [0.25, 0.3) is 0 Å². The van der Waals surface area contributed by atoms with Crippen LogP contribution in [0.2, 0.25) is 5.02 Å². The molecule has 1 amide bonds. The van der Waals surface area contributed by atoms with Gasteiger partial charge in [-0.3, -0.25) is 9.63 Å². The van der Waals surface area contributed by atoms with Crippen LogP contribution in [0, 0.1) is 0 Å². The summed E-state index contributed by atoms with van der Waals surface area (Å²) in [6.45, 7) is 0. The number of nitrogens with one attached hydrogen (secondary N) is 1. The van der Waals surface area contributed by atoms with Crippen molar-refractivity contribution in [1.82, 2.24) is 5.48 Å². The van der Waals surface area contributed by atoms with E-state index >= 15 is 0 Å². The molecule has 0 saturated heterocycles. The molecule has 0 aromatic heterocycles. The lowest BCUT2D eigenvalue weighted by molar-refractivity contribution is -0.131. The molecular formula is C11H14ClNO2. The number of rotatable bonds is 5. The lowest BCUT2D eigenvalue weighted by Crippen LogP contribution is -2.21. The van der Waals surface area contributed by atoms with E-state index in [1.807, 2.05) is 24.3 Å². The third kappa shape index (κ3) is 4.81. The number of hydrogen-bond donors (Lipinski definition) is 1. The molecule has 0 aliphatic rings. The van der Waals surface area contributed by atoms with Crippen LogP contribution in [-0.2, 0) is 16.1 Å². The van der Waals surface area contributed by atoms with Gasteiger partial charge in [-0.2, -0.15) is 0 Å². The van der Waals surface area contributed by atoms with Gasteiger partial charge in [0.05, 0.1) is 7.11 Å². The van der Waals surface area contributed by atoms with Gasteiger partial charge in [0, 0.05) is 11.4 Å². The van der Waals surface area contributed by atoms with Gasteiger partial charge in [-0.1, -0.05) is 23.7 Å². The number of benzene rings is 1. The fourth-order valence-corrected chi connectivity index (χ4v) is 1.39. The second-order valence-corrected chi connectivity index (χ2v) is 3.65. The van der Waals surface area contributed by atoms with E-state index in [0.29, 0.717) is 6.42 Å². The molecule has 1 aromatic carbocycles. The molecule has 0 fully saturated rings. The Morgan fingerprint density at radius 3 is 2.67 bits per heavy atom. The summed E-state index contributed by atoms with van der Waals surface area (Å²) in [6.07, 6.45) is 2.14. The van der Waals surface area contributed by atoms with Crippen molar-refractivity contribution in [2.24, 2.45) is 0 Å². The monoisotopic (exact) mass is 227 g/mol. The Morgan fingerprint density at radius 1 is 1.40 bits per heavy atom. The molecule has 0 atom stereocenters. The summed E-state index contributed by atoms with van der Waals surface area (Å²) in [7, 11) is 1.43. The molecule has 82 valence electrons. The molecule has 1 N–H and O–H groups in total. The molecular weight excluding hydrogens is 214 g/mol. The molecule has 0 saturated carbocycles. The van der Waals surface area contributed by atoms with Gasteiger partial charge in [-0.05, 0) is 30.5 Å². The van der Waals surface area contributed by atoms with Crippen molar-refractivity contribution in [1.29, 1.82) is 0 Å². The summed E-state index contributed by atoms with van der Waals surface area (Å²) in [5, 5.41) is 0.732. The Hall–Kier alpha value is -1.06. The van der Waals surface area contributed by atoms with Crippen LogP contribution in [0.1, 0.15) is 18.4 Å². The van der Waals surface area contributed by atoms with E-state index in [0.717, 1.165) is 17.9 Å². The third-order valence-electron chi connectivity index (χ3n) is 2.00. The molecule has 0 spiro atoms. The summed E-state index contributed by atoms with van der Waals surface area (Å²) in [4.78, 5) is 15.5. The first-order chi connectivity index (χ1) is 7.22. The predicted octanol–water partition coefficient (Wildman–Crippen LogP) is 2.34. The zero-order valence-electron chi connectivity index (χ0n) is 8.63. The van der Waals surface area contributed by atoms with Crippen LogP contribution in [0.5, 0.6) is 0 Å². The van der Waals surface area contributed by atoms with Crippen LogP contribution in [0.4, 0.5) is 0 Å². The highest BCUT2D eigenvalue weighted by molar-refractivity contribution is 6.30. The molecule has 3 nitrogen and oxygen atoms in total. The van der Waals surface area contributed by atoms with Crippen LogP contribution in [-0.4, -0.2) is 13.0 Å². The summed E-state index contributed by atoms with van der Waals surface area (Å²) >= 11 is 5.76. The van der Waals surface area contributed by atoms with Crippen molar-refractivity contribution in [3.8, 4) is 0 Å². The second kappa shape index (κ2) is 6.43. The van der Waals surface area contributed by atoms with E-state index in [9.17, 15) is 4.79 Å². The van der Waals surface area contributed by atoms with Gasteiger partial charge in [0.15, 0.2) is 0 Å².